The highest BCUT2D eigenvalue weighted by molar-refractivity contribution is 6.31. The van der Waals surface area contributed by atoms with E-state index in [2.05, 4.69) is 10.5 Å². The molecule has 1 aromatic heterocycles. The van der Waals surface area contributed by atoms with Crippen LogP contribution in [0, 0.1) is 27.2 Å². The SMILES string of the molecule is Cc1ccc(-n2cccc2/C=N\Nc2ccc([N+](=O)[O-])cc2[N+](=O)[O-])cc1Cl. The van der Waals surface area contributed by atoms with Crippen LogP contribution in [0.25, 0.3) is 5.69 Å². The van der Waals surface area contributed by atoms with Crippen LogP contribution in [0.15, 0.2) is 59.8 Å². The number of benzene rings is 2. The molecule has 0 aliphatic heterocycles. The van der Waals surface area contributed by atoms with Gasteiger partial charge in [-0.05, 0) is 42.8 Å². The third-order valence-corrected chi connectivity index (χ3v) is 4.39. The van der Waals surface area contributed by atoms with Gasteiger partial charge in [0.25, 0.3) is 5.69 Å². The average Bonchev–Trinajstić information content (AvgIpc) is 3.12. The Morgan fingerprint density at radius 3 is 2.57 bits per heavy atom. The molecule has 142 valence electrons. The Kier molecular flexibility index (Phi) is 5.37. The maximum atomic E-state index is 11.2. The highest BCUT2D eigenvalue weighted by atomic mass is 35.5. The van der Waals surface area contributed by atoms with Crippen molar-refractivity contribution in [3.05, 3.63) is 91.2 Å². The normalized spacial score (nSPS) is 10.9. The molecule has 0 spiro atoms. The smallest absolute Gasteiger partial charge is 0.301 e. The first-order valence-electron chi connectivity index (χ1n) is 8.02. The third-order valence-electron chi connectivity index (χ3n) is 3.98. The number of nitrogens with zero attached hydrogens (tertiary/aromatic N) is 4. The molecule has 2 aromatic carbocycles. The van der Waals surface area contributed by atoms with Crippen LogP contribution in [0.5, 0.6) is 0 Å². The van der Waals surface area contributed by atoms with E-state index >= 15 is 0 Å². The number of non-ortho nitro benzene ring substituents is 1. The van der Waals surface area contributed by atoms with E-state index in [4.69, 9.17) is 11.6 Å². The Morgan fingerprint density at radius 2 is 1.89 bits per heavy atom. The fraction of sp³-hybridized carbons (Fsp3) is 0.0556. The molecule has 3 aromatic rings. The summed E-state index contributed by atoms with van der Waals surface area (Å²) < 4.78 is 1.85. The number of nitrogens with one attached hydrogen (secondary N) is 1. The summed E-state index contributed by atoms with van der Waals surface area (Å²) in [6, 6.07) is 12.6. The van der Waals surface area contributed by atoms with Gasteiger partial charge in [0.05, 0.1) is 27.8 Å². The second-order valence-corrected chi connectivity index (χ2v) is 6.23. The summed E-state index contributed by atoms with van der Waals surface area (Å²) in [5, 5.41) is 26.6. The molecule has 0 aliphatic carbocycles. The second-order valence-electron chi connectivity index (χ2n) is 5.82. The summed E-state index contributed by atoms with van der Waals surface area (Å²) in [5.74, 6) is 0. The quantitative estimate of drug-likeness (QED) is 0.366. The molecule has 28 heavy (non-hydrogen) atoms. The van der Waals surface area contributed by atoms with Gasteiger partial charge in [0.15, 0.2) is 0 Å². The number of hydrazone groups is 1. The first-order valence-corrected chi connectivity index (χ1v) is 8.40. The van der Waals surface area contributed by atoms with Gasteiger partial charge in [0, 0.05) is 23.0 Å². The van der Waals surface area contributed by atoms with E-state index in [1.807, 2.05) is 48.0 Å². The lowest BCUT2D eigenvalue weighted by Crippen LogP contribution is -2.01. The van der Waals surface area contributed by atoms with Crippen LogP contribution in [0.3, 0.4) is 0 Å². The maximum absolute atomic E-state index is 11.2. The summed E-state index contributed by atoms with van der Waals surface area (Å²) in [4.78, 5) is 20.6. The zero-order chi connectivity index (χ0) is 20.3. The van der Waals surface area contributed by atoms with Crippen molar-refractivity contribution < 1.29 is 9.85 Å². The number of hydrogen-bond acceptors (Lipinski definition) is 6. The van der Waals surface area contributed by atoms with Crippen molar-refractivity contribution >= 4 is 34.9 Å². The van der Waals surface area contributed by atoms with Crippen LogP contribution in [0.4, 0.5) is 17.1 Å². The van der Waals surface area contributed by atoms with E-state index < -0.39 is 15.5 Å². The molecule has 10 heteroatoms. The summed E-state index contributed by atoms with van der Waals surface area (Å²) in [5.41, 5.74) is 4.30. The van der Waals surface area contributed by atoms with Gasteiger partial charge in [-0.2, -0.15) is 5.10 Å². The molecular formula is C18H14ClN5O4. The van der Waals surface area contributed by atoms with Gasteiger partial charge >= 0.3 is 5.69 Å². The van der Waals surface area contributed by atoms with Crippen molar-refractivity contribution in [1.82, 2.24) is 4.57 Å². The van der Waals surface area contributed by atoms with E-state index in [0.717, 1.165) is 17.3 Å². The average molecular weight is 400 g/mol. The van der Waals surface area contributed by atoms with Crippen molar-refractivity contribution in [3.63, 3.8) is 0 Å². The number of nitro groups is 2. The minimum atomic E-state index is -0.706. The van der Waals surface area contributed by atoms with Gasteiger partial charge in [-0.3, -0.25) is 25.7 Å². The molecule has 1 heterocycles. The number of anilines is 1. The molecule has 1 N–H and O–H groups in total. The van der Waals surface area contributed by atoms with Gasteiger partial charge in [-0.1, -0.05) is 17.7 Å². The minimum Gasteiger partial charge on any atom is -0.316 e. The minimum absolute atomic E-state index is 0.0448. The Hall–Kier alpha value is -3.72. The van der Waals surface area contributed by atoms with Gasteiger partial charge in [-0.25, -0.2) is 0 Å². The zero-order valence-corrected chi connectivity index (χ0v) is 15.3. The van der Waals surface area contributed by atoms with Crippen molar-refractivity contribution in [2.45, 2.75) is 6.92 Å². The summed E-state index contributed by atoms with van der Waals surface area (Å²) in [7, 11) is 0. The second kappa shape index (κ2) is 7.89. The van der Waals surface area contributed by atoms with Crippen LogP contribution in [-0.2, 0) is 0 Å². The first-order chi connectivity index (χ1) is 13.4. The molecule has 0 aliphatic rings. The third kappa shape index (κ3) is 3.99. The standard InChI is InChI=1S/C18H14ClN5O4/c1-12-4-5-13(9-16(12)19)22-8-2-3-15(22)11-20-21-17-7-6-14(23(25)26)10-18(17)24(27)28/h2-11,21H,1H3/b20-11-. The molecule has 0 unspecified atom stereocenters. The molecule has 0 atom stereocenters. The largest absolute Gasteiger partial charge is 0.316 e. The summed E-state index contributed by atoms with van der Waals surface area (Å²) in [6.45, 7) is 1.91. The van der Waals surface area contributed by atoms with Crippen LogP contribution < -0.4 is 5.43 Å². The topological polar surface area (TPSA) is 116 Å². The van der Waals surface area contributed by atoms with E-state index in [1.165, 1.54) is 18.3 Å². The number of hydrogen-bond donors (Lipinski definition) is 1. The van der Waals surface area contributed by atoms with Crippen molar-refractivity contribution in [3.8, 4) is 5.69 Å². The van der Waals surface area contributed by atoms with E-state index in [1.54, 1.807) is 0 Å². The van der Waals surface area contributed by atoms with E-state index in [-0.39, 0.29) is 11.4 Å². The first kappa shape index (κ1) is 19.1. The van der Waals surface area contributed by atoms with Gasteiger partial charge in [0.1, 0.15) is 5.69 Å². The Morgan fingerprint density at radius 1 is 1.11 bits per heavy atom. The number of halogens is 1. The lowest BCUT2D eigenvalue weighted by atomic mass is 10.2. The van der Waals surface area contributed by atoms with Crippen molar-refractivity contribution in [2.75, 3.05) is 5.43 Å². The maximum Gasteiger partial charge on any atom is 0.301 e. The van der Waals surface area contributed by atoms with Gasteiger partial charge in [0.2, 0.25) is 0 Å². The molecule has 0 radical (unpaired) electrons. The van der Waals surface area contributed by atoms with Crippen LogP contribution in [0.2, 0.25) is 5.02 Å². The summed E-state index contributed by atoms with van der Waals surface area (Å²) >= 11 is 6.18. The Bertz CT molecular complexity index is 1090. The van der Waals surface area contributed by atoms with Gasteiger partial charge < -0.3 is 4.57 Å². The highest BCUT2D eigenvalue weighted by Gasteiger charge is 2.19. The van der Waals surface area contributed by atoms with Crippen molar-refractivity contribution in [1.29, 1.82) is 0 Å². The number of nitro benzene ring substituents is 2. The molecule has 0 saturated heterocycles. The number of aryl methyl sites for hydroxylation is 1. The molecular weight excluding hydrogens is 386 g/mol. The molecule has 0 fully saturated rings. The predicted molar refractivity (Wildman–Crippen MR) is 106 cm³/mol. The lowest BCUT2D eigenvalue weighted by Gasteiger charge is -2.08. The Balaban J connectivity index is 1.85. The van der Waals surface area contributed by atoms with E-state index in [9.17, 15) is 20.2 Å². The lowest BCUT2D eigenvalue weighted by molar-refractivity contribution is -0.393. The molecule has 0 bridgehead atoms. The van der Waals surface area contributed by atoms with Crippen LogP contribution in [0.1, 0.15) is 11.3 Å². The Labute approximate surface area is 164 Å². The highest BCUT2D eigenvalue weighted by Crippen LogP contribution is 2.29. The number of rotatable bonds is 6. The van der Waals surface area contributed by atoms with Crippen molar-refractivity contribution in [2.24, 2.45) is 5.10 Å². The predicted octanol–water partition coefficient (Wildman–Crippen LogP) is 4.70. The molecule has 0 amide bonds. The monoisotopic (exact) mass is 399 g/mol. The fourth-order valence-electron chi connectivity index (χ4n) is 2.51. The zero-order valence-electron chi connectivity index (χ0n) is 14.6. The fourth-order valence-corrected chi connectivity index (χ4v) is 2.69. The molecule has 9 nitrogen and oxygen atoms in total. The summed E-state index contributed by atoms with van der Waals surface area (Å²) in [6.07, 6.45) is 3.32. The van der Waals surface area contributed by atoms with Gasteiger partial charge in [-0.15, -0.1) is 0 Å². The number of aromatic nitrogens is 1. The van der Waals surface area contributed by atoms with Crippen LogP contribution >= 0.6 is 11.6 Å². The molecule has 0 saturated carbocycles. The van der Waals surface area contributed by atoms with Crippen LogP contribution in [-0.4, -0.2) is 20.6 Å². The molecule has 3 rings (SSSR count). The van der Waals surface area contributed by atoms with E-state index in [0.29, 0.717) is 10.7 Å².